The highest BCUT2D eigenvalue weighted by atomic mass is 16.5. The van der Waals surface area contributed by atoms with Crippen molar-refractivity contribution >= 4 is 34.7 Å². The van der Waals surface area contributed by atoms with Gasteiger partial charge >= 0.3 is 0 Å². The second kappa shape index (κ2) is 8.58. The van der Waals surface area contributed by atoms with Crippen LogP contribution in [0.3, 0.4) is 0 Å². The molecule has 0 unspecified atom stereocenters. The minimum Gasteiger partial charge on any atom is -0.381 e. The van der Waals surface area contributed by atoms with Crippen molar-refractivity contribution in [2.45, 2.75) is 44.8 Å². The lowest BCUT2D eigenvalue weighted by molar-refractivity contribution is -0.117. The van der Waals surface area contributed by atoms with Crippen LogP contribution in [0.5, 0.6) is 0 Å². The number of hydrogen-bond donors (Lipinski definition) is 3. The third-order valence-electron chi connectivity index (χ3n) is 7.74. The number of carbonyl (C=O) groups excluding carboxylic acids is 2. The molecule has 10 nitrogen and oxygen atoms in total. The molecule has 1 saturated carbocycles. The van der Waals surface area contributed by atoms with Crippen LogP contribution in [0, 0.1) is 5.92 Å². The van der Waals surface area contributed by atoms with E-state index in [1.165, 1.54) is 5.69 Å². The molecule has 3 aliphatic heterocycles. The second-order valence-corrected chi connectivity index (χ2v) is 10.3. The summed E-state index contributed by atoms with van der Waals surface area (Å²) in [6, 6.07) is 8.28. The second-order valence-electron chi connectivity index (χ2n) is 10.3. The van der Waals surface area contributed by atoms with Crippen molar-refractivity contribution in [2.75, 3.05) is 35.8 Å². The lowest BCUT2D eigenvalue weighted by atomic mass is 9.97. The van der Waals surface area contributed by atoms with Gasteiger partial charge in [0.15, 0.2) is 0 Å². The number of carbonyl (C=O) groups is 2. The summed E-state index contributed by atoms with van der Waals surface area (Å²) in [6.45, 7) is 2.62. The molecule has 7 rings (SSSR count). The zero-order chi connectivity index (χ0) is 25.1. The highest BCUT2D eigenvalue weighted by Crippen LogP contribution is 2.45. The number of pyridine rings is 1. The summed E-state index contributed by atoms with van der Waals surface area (Å²) in [5.41, 5.74) is 7.19. The standard InChI is InChI=1S/C27H29N7O3/c1-33-14-22-18(12-29-34(22)16-7-9-37-10-8-16)17-3-2-4-19(25(17)33)30-20-11-23(32-26(35)15-5-6-15)31-21-13-28-27(36)24(20)21/h2-4,11-12,15-16H,5-10,13-14H2,1H3,(H,28,36)(H2,30,31,32,35). The Kier molecular flexibility index (Phi) is 5.17. The molecule has 190 valence electrons. The van der Waals surface area contributed by atoms with Gasteiger partial charge < -0.3 is 25.6 Å². The summed E-state index contributed by atoms with van der Waals surface area (Å²) < 4.78 is 7.75. The molecular formula is C27H29N7O3. The maximum absolute atomic E-state index is 12.7. The Labute approximate surface area is 214 Å². The van der Waals surface area contributed by atoms with Gasteiger partial charge in [0.05, 0.1) is 59.3 Å². The van der Waals surface area contributed by atoms with Crippen LogP contribution in [-0.4, -0.2) is 46.8 Å². The van der Waals surface area contributed by atoms with E-state index in [-0.39, 0.29) is 17.7 Å². The molecule has 10 heteroatoms. The summed E-state index contributed by atoms with van der Waals surface area (Å²) in [4.78, 5) is 31.9. The Hall–Kier alpha value is -3.92. The van der Waals surface area contributed by atoms with Crippen molar-refractivity contribution in [3.63, 3.8) is 0 Å². The maximum Gasteiger partial charge on any atom is 0.255 e. The molecule has 4 aliphatic rings. The van der Waals surface area contributed by atoms with Crippen LogP contribution >= 0.6 is 0 Å². The number of aromatic nitrogens is 3. The van der Waals surface area contributed by atoms with Gasteiger partial charge in [-0.2, -0.15) is 5.10 Å². The van der Waals surface area contributed by atoms with Crippen molar-refractivity contribution in [3.05, 3.63) is 47.4 Å². The molecule has 2 aromatic heterocycles. The Morgan fingerprint density at radius 2 is 1.97 bits per heavy atom. The predicted molar refractivity (Wildman–Crippen MR) is 139 cm³/mol. The lowest BCUT2D eigenvalue weighted by Gasteiger charge is -2.32. The highest BCUT2D eigenvalue weighted by Gasteiger charge is 2.32. The summed E-state index contributed by atoms with van der Waals surface area (Å²) in [5.74, 6) is 0.356. The molecule has 1 aliphatic carbocycles. The van der Waals surface area contributed by atoms with E-state index in [0.717, 1.165) is 67.9 Å². The first-order valence-corrected chi connectivity index (χ1v) is 13.0. The molecule has 1 aromatic carbocycles. The Bertz CT molecular complexity index is 1420. The number of benzene rings is 1. The number of rotatable bonds is 5. The van der Waals surface area contributed by atoms with Crippen molar-refractivity contribution in [1.82, 2.24) is 20.1 Å². The first-order chi connectivity index (χ1) is 18.1. The van der Waals surface area contributed by atoms with Crippen LogP contribution in [-0.2, 0) is 22.6 Å². The highest BCUT2D eigenvalue weighted by molar-refractivity contribution is 6.05. The summed E-state index contributed by atoms with van der Waals surface area (Å²) in [6.07, 6.45) is 5.75. The van der Waals surface area contributed by atoms with Crippen LogP contribution in [0.1, 0.15) is 53.5 Å². The number of anilines is 4. The van der Waals surface area contributed by atoms with Gasteiger partial charge in [0, 0.05) is 43.4 Å². The first-order valence-electron chi connectivity index (χ1n) is 13.0. The van der Waals surface area contributed by atoms with Crippen LogP contribution in [0.4, 0.5) is 22.9 Å². The SMILES string of the molecule is CN1Cc2c(cnn2C2CCOCC2)-c2cccc(Nc3cc(NC(=O)C4CC4)nc4c3C(=O)NC4)c21. The minimum atomic E-state index is -0.164. The molecule has 3 N–H and O–H groups in total. The molecule has 37 heavy (non-hydrogen) atoms. The van der Waals surface area contributed by atoms with Gasteiger partial charge in [-0.05, 0) is 31.7 Å². The Morgan fingerprint density at radius 3 is 2.78 bits per heavy atom. The number of nitrogens with zero attached hydrogens (tertiary/aromatic N) is 4. The average molecular weight is 500 g/mol. The van der Waals surface area contributed by atoms with Gasteiger partial charge in [0.25, 0.3) is 5.91 Å². The van der Waals surface area contributed by atoms with Crippen molar-refractivity contribution in [3.8, 4) is 11.1 Å². The number of ether oxygens (including phenoxy) is 1. The normalized spacial score (nSPS) is 18.6. The van der Waals surface area contributed by atoms with Crippen molar-refractivity contribution < 1.29 is 14.3 Å². The van der Waals surface area contributed by atoms with E-state index in [2.05, 4.69) is 43.6 Å². The Balaban J connectivity index is 1.26. The number of fused-ring (bicyclic) bond motifs is 4. The van der Waals surface area contributed by atoms with E-state index < -0.39 is 0 Å². The van der Waals surface area contributed by atoms with Crippen LogP contribution < -0.4 is 20.9 Å². The first kappa shape index (κ1) is 22.3. The summed E-state index contributed by atoms with van der Waals surface area (Å²) in [7, 11) is 2.08. The maximum atomic E-state index is 12.7. The van der Waals surface area contributed by atoms with E-state index in [1.54, 1.807) is 6.07 Å². The van der Waals surface area contributed by atoms with Gasteiger partial charge in [-0.3, -0.25) is 14.3 Å². The van der Waals surface area contributed by atoms with Crippen LogP contribution in [0.2, 0.25) is 0 Å². The molecule has 2 amide bonds. The quantitative estimate of drug-likeness (QED) is 0.492. The molecule has 0 radical (unpaired) electrons. The largest absolute Gasteiger partial charge is 0.381 e. The number of hydrogen-bond acceptors (Lipinski definition) is 7. The van der Waals surface area contributed by atoms with Crippen LogP contribution in [0.15, 0.2) is 30.5 Å². The van der Waals surface area contributed by atoms with Gasteiger partial charge in [-0.1, -0.05) is 12.1 Å². The number of amides is 2. The number of nitrogens with one attached hydrogen (secondary N) is 3. The smallest absolute Gasteiger partial charge is 0.255 e. The van der Waals surface area contributed by atoms with Gasteiger partial charge in [-0.25, -0.2) is 4.98 Å². The molecule has 1 saturated heterocycles. The molecule has 0 spiro atoms. The monoisotopic (exact) mass is 499 g/mol. The predicted octanol–water partition coefficient (Wildman–Crippen LogP) is 3.58. The van der Waals surface area contributed by atoms with Crippen LogP contribution in [0.25, 0.3) is 11.1 Å². The third kappa shape index (κ3) is 3.83. The average Bonchev–Trinajstić information content (AvgIpc) is 3.57. The molecule has 0 bridgehead atoms. The van der Waals surface area contributed by atoms with Gasteiger partial charge in [0.2, 0.25) is 5.91 Å². The van der Waals surface area contributed by atoms with E-state index in [9.17, 15) is 9.59 Å². The third-order valence-corrected chi connectivity index (χ3v) is 7.74. The topological polar surface area (TPSA) is 113 Å². The van der Waals surface area contributed by atoms with E-state index in [4.69, 9.17) is 9.84 Å². The minimum absolute atomic E-state index is 0.0124. The molecule has 0 atom stereocenters. The lowest BCUT2D eigenvalue weighted by Crippen LogP contribution is -2.28. The number of para-hydroxylation sites is 1. The molecular weight excluding hydrogens is 470 g/mol. The van der Waals surface area contributed by atoms with Crippen molar-refractivity contribution in [1.29, 1.82) is 0 Å². The van der Waals surface area contributed by atoms with E-state index in [1.807, 2.05) is 18.3 Å². The summed E-state index contributed by atoms with van der Waals surface area (Å²) >= 11 is 0. The fourth-order valence-corrected chi connectivity index (χ4v) is 5.70. The van der Waals surface area contributed by atoms with E-state index in [0.29, 0.717) is 35.3 Å². The fraction of sp³-hybridized carbons (Fsp3) is 0.407. The molecule has 2 fully saturated rings. The summed E-state index contributed by atoms with van der Waals surface area (Å²) in [5, 5.41) is 14.1. The van der Waals surface area contributed by atoms with E-state index >= 15 is 0 Å². The molecule has 5 heterocycles. The molecule has 3 aromatic rings. The fourth-order valence-electron chi connectivity index (χ4n) is 5.70. The zero-order valence-electron chi connectivity index (χ0n) is 20.7. The van der Waals surface area contributed by atoms with Gasteiger partial charge in [0.1, 0.15) is 5.82 Å². The zero-order valence-corrected chi connectivity index (χ0v) is 20.7. The van der Waals surface area contributed by atoms with Crippen molar-refractivity contribution in [2.24, 2.45) is 5.92 Å². The van der Waals surface area contributed by atoms with Gasteiger partial charge in [-0.15, -0.1) is 0 Å². The Morgan fingerprint density at radius 1 is 1.14 bits per heavy atom.